The fourth-order valence-corrected chi connectivity index (χ4v) is 3.59. The van der Waals surface area contributed by atoms with E-state index >= 15 is 0 Å². The van der Waals surface area contributed by atoms with E-state index in [0.29, 0.717) is 18.0 Å². The van der Waals surface area contributed by atoms with Crippen molar-refractivity contribution in [2.45, 2.75) is 51.5 Å². The zero-order valence-corrected chi connectivity index (χ0v) is 13.6. The van der Waals surface area contributed by atoms with Crippen LogP contribution >= 0.6 is 0 Å². The Morgan fingerprint density at radius 3 is 2.65 bits per heavy atom. The largest absolute Gasteiger partial charge is 0.348 e. The van der Waals surface area contributed by atoms with Crippen molar-refractivity contribution < 1.29 is 9.59 Å². The van der Waals surface area contributed by atoms with Crippen molar-refractivity contribution in [3.63, 3.8) is 0 Å². The molecule has 1 saturated carbocycles. The molecule has 6 heteroatoms. The first-order valence-corrected chi connectivity index (χ1v) is 8.49. The number of carbonyl (C=O) groups is 2. The first-order valence-electron chi connectivity index (χ1n) is 8.49. The van der Waals surface area contributed by atoms with Crippen LogP contribution in [0.1, 0.15) is 55.2 Å². The molecule has 2 amide bonds. The van der Waals surface area contributed by atoms with Crippen LogP contribution < -0.4 is 5.32 Å². The Balaban J connectivity index is 1.65. The minimum atomic E-state index is -0.110. The molecular formula is C17H24N4O2. The Kier molecular flexibility index (Phi) is 4.88. The molecule has 124 valence electrons. The summed E-state index contributed by atoms with van der Waals surface area (Å²) in [6.07, 6.45) is 9.34. The molecule has 1 atom stereocenters. The number of carbonyl (C=O) groups excluding carboxylic acids is 2. The Bertz CT molecular complexity index is 584. The van der Waals surface area contributed by atoms with Gasteiger partial charge in [-0.15, -0.1) is 0 Å². The van der Waals surface area contributed by atoms with Gasteiger partial charge in [-0.3, -0.25) is 14.6 Å². The van der Waals surface area contributed by atoms with E-state index in [4.69, 9.17) is 0 Å². The van der Waals surface area contributed by atoms with E-state index in [1.807, 2.05) is 4.90 Å². The number of rotatable bonds is 4. The molecule has 0 radical (unpaired) electrons. The normalized spacial score (nSPS) is 21.6. The average Bonchev–Trinajstić information content (AvgIpc) is 3.19. The van der Waals surface area contributed by atoms with Gasteiger partial charge in [0.2, 0.25) is 5.91 Å². The van der Waals surface area contributed by atoms with E-state index in [2.05, 4.69) is 15.3 Å². The number of hydrogen-bond donors (Lipinski definition) is 1. The van der Waals surface area contributed by atoms with Gasteiger partial charge in [0.25, 0.3) is 5.91 Å². The maximum absolute atomic E-state index is 12.5. The molecule has 1 aliphatic heterocycles. The van der Waals surface area contributed by atoms with E-state index in [0.717, 1.165) is 38.0 Å². The van der Waals surface area contributed by atoms with Crippen LogP contribution in [0.15, 0.2) is 12.4 Å². The molecule has 3 rings (SSSR count). The van der Waals surface area contributed by atoms with Crippen LogP contribution in [0.5, 0.6) is 0 Å². The number of hydrogen-bond acceptors (Lipinski definition) is 4. The predicted molar refractivity (Wildman–Crippen MR) is 85.8 cm³/mol. The second kappa shape index (κ2) is 7.06. The molecule has 0 unspecified atom stereocenters. The lowest BCUT2D eigenvalue weighted by atomic mass is 10.0. The third-order valence-corrected chi connectivity index (χ3v) is 4.89. The summed E-state index contributed by atoms with van der Waals surface area (Å²) in [7, 11) is 0. The number of nitrogens with zero attached hydrogens (tertiary/aromatic N) is 3. The van der Waals surface area contributed by atoms with E-state index in [1.54, 1.807) is 19.3 Å². The minimum absolute atomic E-state index is 0.110. The maximum Gasteiger partial charge on any atom is 0.271 e. The molecule has 1 N–H and O–H groups in total. The highest BCUT2D eigenvalue weighted by Gasteiger charge is 2.27. The quantitative estimate of drug-likeness (QED) is 0.914. The van der Waals surface area contributed by atoms with Crippen LogP contribution in [0.4, 0.5) is 0 Å². The van der Waals surface area contributed by atoms with Crippen LogP contribution in [0, 0.1) is 5.92 Å². The highest BCUT2D eigenvalue weighted by atomic mass is 16.2. The molecule has 1 aromatic rings. The van der Waals surface area contributed by atoms with Crippen molar-refractivity contribution in [3.05, 3.63) is 23.8 Å². The summed E-state index contributed by atoms with van der Waals surface area (Å²) in [5.74, 6) is 0.362. The van der Waals surface area contributed by atoms with Crippen LogP contribution in [0.2, 0.25) is 0 Å². The SMILES string of the molecule is CC(=O)N1CC[C@@H](Cc2nccnc2C(=O)NC2CCCC2)C1. The molecule has 1 aliphatic carbocycles. The summed E-state index contributed by atoms with van der Waals surface area (Å²) in [6.45, 7) is 3.14. The summed E-state index contributed by atoms with van der Waals surface area (Å²) in [5.41, 5.74) is 1.19. The summed E-state index contributed by atoms with van der Waals surface area (Å²) in [6, 6.07) is 0.275. The Labute approximate surface area is 136 Å². The van der Waals surface area contributed by atoms with E-state index in [1.165, 1.54) is 12.8 Å². The Morgan fingerprint density at radius 1 is 1.22 bits per heavy atom. The maximum atomic E-state index is 12.5. The van der Waals surface area contributed by atoms with Gasteiger partial charge in [-0.05, 0) is 31.6 Å². The molecule has 23 heavy (non-hydrogen) atoms. The highest BCUT2D eigenvalue weighted by Crippen LogP contribution is 2.22. The van der Waals surface area contributed by atoms with Crippen LogP contribution in [0.3, 0.4) is 0 Å². The number of amides is 2. The minimum Gasteiger partial charge on any atom is -0.348 e. The molecule has 0 aromatic carbocycles. The predicted octanol–water partition coefficient (Wildman–Crippen LogP) is 1.56. The second-order valence-corrected chi connectivity index (χ2v) is 6.63. The molecule has 0 bridgehead atoms. The van der Waals surface area contributed by atoms with Crippen LogP contribution in [0.25, 0.3) is 0 Å². The smallest absolute Gasteiger partial charge is 0.271 e. The topological polar surface area (TPSA) is 75.2 Å². The van der Waals surface area contributed by atoms with Crippen molar-refractivity contribution in [2.24, 2.45) is 5.92 Å². The van der Waals surface area contributed by atoms with E-state index in [9.17, 15) is 9.59 Å². The average molecular weight is 316 g/mol. The molecular weight excluding hydrogens is 292 g/mol. The molecule has 0 spiro atoms. The molecule has 2 heterocycles. The van der Waals surface area contributed by atoms with Gasteiger partial charge in [0.15, 0.2) is 0 Å². The summed E-state index contributed by atoms with van der Waals surface area (Å²) >= 11 is 0. The van der Waals surface area contributed by atoms with Gasteiger partial charge in [0.05, 0.1) is 5.69 Å². The number of likely N-dealkylation sites (tertiary alicyclic amines) is 1. The number of nitrogens with one attached hydrogen (secondary N) is 1. The van der Waals surface area contributed by atoms with Crippen molar-refractivity contribution in [1.29, 1.82) is 0 Å². The van der Waals surface area contributed by atoms with Gasteiger partial charge in [0, 0.05) is 38.4 Å². The molecule has 2 fully saturated rings. The van der Waals surface area contributed by atoms with Gasteiger partial charge in [-0.1, -0.05) is 12.8 Å². The molecule has 1 aromatic heterocycles. The van der Waals surface area contributed by atoms with Gasteiger partial charge in [-0.2, -0.15) is 0 Å². The zero-order valence-electron chi connectivity index (χ0n) is 13.6. The summed E-state index contributed by atoms with van der Waals surface area (Å²) in [4.78, 5) is 34.4. The lowest BCUT2D eigenvalue weighted by molar-refractivity contribution is -0.127. The highest BCUT2D eigenvalue weighted by molar-refractivity contribution is 5.93. The van der Waals surface area contributed by atoms with Crippen LogP contribution in [-0.2, 0) is 11.2 Å². The second-order valence-electron chi connectivity index (χ2n) is 6.63. The Morgan fingerprint density at radius 2 is 1.96 bits per heavy atom. The molecule has 6 nitrogen and oxygen atoms in total. The van der Waals surface area contributed by atoms with Gasteiger partial charge in [-0.25, -0.2) is 4.98 Å². The van der Waals surface area contributed by atoms with Crippen LogP contribution in [-0.4, -0.2) is 45.8 Å². The first-order chi connectivity index (χ1) is 11.1. The summed E-state index contributed by atoms with van der Waals surface area (Å²) in [5, 5.41) is 3.08. The van der Waals surface area contributed by atoms with Crippen molar-refractivity contribution in [3.8, 4) is 0 Å². The zero-order chi connectivity index (χ0) is 16.2. The molecule has 1 saturated heterocycles. The first kappa shape index (κ1) is 15.9. The molecule has 2 aliphatic rings. The lowest BCUT2D eigenvalue weighted by Crippen LogP contribution is -2.34. The van der Waals surface area contributed by atoms with Gasteiger partial charge < -0.3 is 10.2 Å². The third-order valence-electron chi connectivity index (χ3n) is 4.89. The standard InChI is InChI=1S/C17H24N4O2/c1-12(22)21-9-6-13(11-21)10-15-16(19-8-7-18-15)17(23)20-14-4-2-3-5-14/h7-8,13-14H,2-6,9-11H2,1H3,(H,20,23)/t13-/m0/s1. The third kappa shape index (κ3) is 3.86. The lowest BCUT2D eigenvalue weighted by Gasteiger charge is -2.16. The van der Waals surface area contributed by atoms with Crippen molar-refractivity contribution >= 4 is 11.8 Å². The van der Waals surface area contributed by atoms with Gasteiger partial charge in [0.1, 0.15) is 5.69 Å². The van der Waals surface area contributed by atoms with Crippen molar-refractivity contribution in [1.82, 2.24) is 20.2 Å². The van der Waals surface area contributed by atoms with Crippen molar-refractivity contribution in [2.75, 3.05) is 13.1 Å². The van der Waals surface area contributed by atoms with E-state index in [-0.39, 0.29) is 17.9 Å². The number of aromatic nitrogens is 2. The fraction of sp³-hybridized carbons (Fsp3) is 0.647. The summed E-state index contributed by atoms with van der Waals surface area (Å²) < 4.78 is 0. The Hall–Kier alpha value is -1.98. The van der Waals surface area contributed by atoms with E-state index < -0.39 is 0 Å². The monoisotopic (exact) mass is 316 g/mol. The van der Waals surface area contributed by atoms with Gasteiger partial charge >= 0.3 is 0 Å². The fourth-order valence-electron chi connectivity index (χ4n) is 3.59.